The number of hydrogen-bond donors (Lipinski definition) is 1. The quantitative estimate of drug-likeness (QED) is 0.760. The molecule has 1 unspecified atom stereocenters. The molecule has 1 atom stereocenters. The Kier molecular flexibility index (Phi) is 6.40. The van der Waals surface area contributed by atoms with Crippen LogP contribution in [0.3, 0.4) is 0 Å². The van der Waals surface area contributed by atoms with Crippen LogP contribution >= 0.6 is 11.3 Å². The van der Waals surface area contributed by atoms with Crippen molar-refractivity contribution >= 4 is 11.3 Å². The van der Waals surface area contributed by atoms with E-state index in [0.717, 1.165) is 18.7 Å². The molecule has 2 aromatic rings. The van der Waals surface area contributed by atoms with Crippen LogP contribution in [-0.4, -0.2) is 17.6 Å². The summed E-state index contributed by atoms with van der Waals surface area (Å²) >= 11 is 1.79. The second-order valence-electron chi connectivity index (χ2n) is 5.79. The van der Waals surface area contributed by atoms with E-state index in [1.165, 1.54) is 23.4 Å². The summed E-state index contributed by atoms with van der Waals surface area (Å²) in [5, 5.41) is 7.02. The van der Waals surface area contributed by atoms with Crippen LogP contribution in [0.2, 0.25) is 0 Å². The predicted molar refractivity (Wildman–Crippen MR) is 92.8 cm³/mol. The fraction of sp³-hybridized carbons (Fsp3) is 0.500. The summed E-state index contributed by atoms with van der Waals surface area (Å²) in [6, 6.07) is 11.1. The highest BCUT2D eigenvalue weighted by Crippen LogP contribution is 2.23. The molecule has 0 radical (unpaired) electrons. The maximum absolute atomic E-state index is 4.77. The Bertz CT molecular complexity index is 519. The highest BCUT2D eigenvalue weighted by Gasteiger charge is 2.12. The molecule has 1 heterocycles. The average Bonchev–Trinajstić information content (AvgIpc) is 2.96. The van der Waals surface area contributed by atoms with Gasteiger partial charge in [0.15, 0.2) is 0 Å². The highest BCUT2D eigenvalue weighted by atomic mass is 32.1. The van der Waals surface area contributed by atoms with E-state index in [1.807, 2.05) is 6.07 Å². The van der Waals surface area contributed by atoms with Gasteiger partial charge in [0.1, 0.15) is 0 Å². The Hall–Kier alpha value is -1.19. The number of benzene rings is 1. The van der Waals surface area contributed by atoms with E-state index >= 15 is 0 Å². The number of thiazole rings is 1. The number of nitrogens with zero attached hydrogens (tertiary/aromatic N) is 1. The van der Waals surface area contributed by atoms with E-state index in [1.54, 1.807) is 11.3 Å². The molecule has 2 rings (SSSR count). The van der Waals surface area contributed by atoms with E-state index in [4.69, 9.17) is 4.98 Å². The summed E-state index contributed by atoms with van der Waals surface area (Å²) in [4.78, 5) is 4.77. The van der Waals surface area contributed by atoms with Crippen molar-refractivity contribution in [3.05, 3.63) is 40.7 Å². The molecule has 114 valence electrons. The average molecular weight is 302 g/mol. The molecule has 1 N–H and O–H groups in total. The maximum atomic E-state index is 4.77. The van der Waals surface area contributed by atoms with Crippen LogP contribution in [0.4, 0.5) is 0 Å². The van der Waals surface area contributed by atoms with Gasteiger partial charge in [-0.05, 0) is 31.7 Å². The SMILES string of the molecule is CCNC(CCCc1nc(-c2ccccc2)cs1)C(C)C. The molecular weight excluding hydrogens is 276 g/mol. The molecule has 0 fully saturated rings. The van der Waals surface area contributed by atoms with Crippen LogP contribution in [-0.2, 0) is 6.42 Å². The Labute approximate surface area is 132 Å². The van der Waals surface area contributed by atoms with Gasteiger partial charge in [0.25, 0.3) is 0 Å². The number of rotatable bonds is 8. The third-order valence-corrected chi connectivity index (χ3v) is 4.71. The van der Waals surface area contributed by atoms with Crippen LogP contribution in [0.1, 0.15) is 38.6 Å². The van der Waals surface area contributed by atoms with Crippen LogP contribution in [0.5, 0.6) is 0 Å². The number of aryl methyl sites for hydroxylation is 1. The van der Waals surface area contributed by atoms with Gasteiger partial charge in [0, 0.05) is 17.0 Å². The first-order valence-electron chi connectivity index (χ1n) is 7.94. The Morgan fingerprint density at radius 1 is 1.19 bits per heavy atom. The fourth-order valence-corrected chi connectivity index (χ4v) is 3.42. The molecule has 2 nitrogen and oxygen atoms in total. The lowest BCUT2D eigenvalue weighted by Crippen LogP contribution is -2.33. The van der Waals surface area contributed by atoms with E-state index in [9.17, 15) is 0 Å². The minimum atomic E-state index is 0.628. The summed E-state index contributed by atoms with van der Waals surface area (Å²) in [5.41, 5.74) is 2.33. The van der Waals surface area contributed by atoms with Crippen molar-refractivity contribution in [2.75, 3.05) is 6.54 Å². The Morgan fingerprint density at radius 2 is 1.95 bits per heavy atom. The predicted octanol–water partition coefficient (Wildman–Crippen LogP) is 4.77. The fourth-order valence-electron chi connectivity index (χ4n) is 2.57. The molecule has 0 aliphatic rings. The maximum Gasteiger partial charge on any atom is 0.0932 e. The van der Waals surface area contributed by atoms with Crippen molar-refractivity contribution in [3.8, 4) is 11.3 Å². The molecule has 3 heteroatoms. The second-order valence-corrected chi connectivity index (χ2v) is 6.74. The molecule has 0 bridgehead atoms. The van der Waals surface area contributed by atoms with Crippen molar-refractivity contribution in [1.29, 1.82) is 0 Å². The Morgan fingerprint density at radius 3 is 2.62 bits per heavy atom. The van der Waals surface area contributed by atoms with Crippen molar-refractivity contribution in [3.63, 3.8) is 0 Å². The molecule has 0 aliphatic carbocycles. The lowest BCUT2D eigenvalue weighted by Gasteiger charge is -2.21. The zero-order valence-corrected chi connectivity index (χ0v) is 14.1. The van der Waals surface area contributed by atoms with Crippen LogP contribution in [0, 0.1) is 5.92 Å². The zero-order chi connectivity index (χ0) is 15.1. The van der Waals surface area contributed by atoms with Crippen molar-refractivity contribution in [1.82, 2.24) is 10.3 Å². The van der Waals surface area contributed by atoms with Gasteiger partial charge in [-0.25, -0.2) is 4.98 Å². The van der Waals surface area contributed by atoms with Gasteiger partial charge < -0.3 is 5.32 Å². The van der Waals surface area contributed by atoms with E-state index < -0.39 is 0 Å². The summed E-state index contributed by atoms with van der Waals surface area (Å²) in [5.74, 6) is 0.695. The first-order chi connectivity index (χ1) is 10.2. The van der Waals surface area contributed by atoms with Crippen molar-refractivity contribution in [2.24, 2.45) is 5.92 Å². The molecule has 1 aromatic carbocycles. The molecule has 0 aliphatic heterocycles. The number of nitrogens with one attached hydrogen (secondary N) is 1. The smallest absolute Gasteiger partial charge is 0.0932 e. The molecular formula is C18H26N2S. The largest absolute Gasteiger partial charge is 0.314 e. The number of hydrogen-bond acceptors (Lipinski definition) is 3. The molecule has 0 saturated heterocycles. The van der Waals surface area contributed by atoms with Gasteiger partial charge in [0.05, 0.1) is 10.7 Å². The summed E-state index contributed by atoms with van der Waals surface area (Å²) in [7, 11) is 0. The lowest BCUT2D eigenvalue weighted by molar-refractivity contribution is 0.377. The minimum Gasteiger partial charge on any atom is -0.314 e. The van der Waals surface area contributed by atoms with Crippen LogP contribution in [0.25, 0.3) is 11.3 Å². The first kappa shape index (κ1) is 16.2. The van der Waals surface area contributed by atoms with Crippen molar-refractivity contribution in [2.45, 2.75) is 46.1 Å². The topological polar surface area (TPSA) is 24.9 Å². The van der Waals surface area contributed by atoms with Crippen molar-refractivity contribution < 1.29 is 0 Å². The van der Waals surface area contributed by atoms with Gasteiger partial charge in [-0.1, -0.05) is 51.1 Å². The first-order valence-corrected chi connectivity index (χ1v) is 8.82. The third-order valence-electron chi connectivity index (χ3n) is 3.80. The summed E-state index contributed by atoms with van der Waals surface area (Å²) in [6.45, 7) is 7.83. The highest BCUT2D eigenvalue weighted by molar-refractivity contribution is 7.09. The minimum absolute atomic E-state index is 0.628. The van der Waals surface area contributed by atoms with Crippen LogP contribution in [0.15, 0.2) is 35.7 Å². The van der Waals surface area contributed by atoms with Gasteiger partial charge in [-0.2, -0.15) is 0 Å². The van der Waals surface area contributed by atoms with E-state index in [0.29, 0.717) is 12.0 Å². The zero-order valence-electron chi connectivity index (χ0n) is 13.3. The standard InChI is InChI=1S/C18H26N2S/c1-4-19-16(14(2)3)11-8-12-18-20-17(13-21-18)15-9-6-5-7-10-15/h5-7,9-10,13-14,16,19H,4,8,11-12H2,1-3H3. The van der Waals surface area contributed by atoms with Gasteiger partial charge in [-0.15, -0.1) is 11.3 Å². The number of aromatic nitrogens is 1. The van der Waals surface area contributed by atoms with E-state index in [-0.39, 0.29) is 0 Å². The molecule has 0 amide bonds. The Balaban J connectivity index is 1.86. The van der Waals surface area contributed by atoms with E-state index in [2.05, 4.69) is 55.7 Å². The summed E-state index contributed by atoms with van der Waals surface area (Å²) < 4.78 is 0. The van der Waals surface area contributed by atoms with Gasteiger partial charge in [0.2, 0.25) is 0 Å². The monoisotopic (exact) mass is 302 g/mol. The second kappa shape index (κ2) is 8.30. The normalized spacial score (nSPS) is 12.8. The lowest BCUT2D eigenvalue weighted by atomic mass is 9.98. The molecule has 0 saturated carbocycles. The summed E-state index contributed by atoms with van der Waals surface area (Å²) in [6.07, 6.45) is 3.52. The van der Waals surface area contributed by atoms with Gasteiger partial charge in [-0.3, -0.25) is 0 Å². The van der Waals surface area contributed by atoms with Crippen LogP contribution < -0.4 is 5.32 Å². The molecule has 21 heavy (non-hydrogen) atoms. The molecule has 0 spiro atoms. The van der Waals surface area contributed by atoms with Gasteiger partial charge >= 0.3 is 0 Å². The third kappa shape index (κ3) is 4.94. The molecule has 1 aromatic heterocycles.